The fraction of sp³-hybridized carbons (Fsp3) is 0.417. The highest BCUT2D eigenvalue weighted by Gasteiger charge is 2.33. The van der Waals surface area contributed by atoms with E-state index in [-0.39, 0.29) is 23.3 Å². The van der Waals surface area contributed by atoms with Crippen LogP contribution in [0.25, 0.3) is 0 Å². The number of ketones is 1. The number of alkyl halides is 3. The molecule has 1 aromatic rings. The minimum absolute atomic E-state index is 0.0195. The highest BCUT2D eigenvalue weighted by Crippen LogP contribution is 2.33. The fourth-order valence-electron chi connectivity index (χ4n) is 1.57. The first-order valence-corrected chi connectivity index (χ1v) is 6.46. The lowest BCUT2D eigenvalue weighted by Gasteiger charge is -2.13. The Labute approximate surface area is 102 Å². The van der Waals surface area contributed by atoms with Crippen LogP contribution in [0.4, 0.5) is 13.2 Å². The number of benzene rings is 1. The average Bonchev–Trinajstić information content (AvgIpc) is 2.24. The van der Waals surface area contributed by atoms with Crippen LogP contribution in [0.15, 0.2) is 18.2 Å². The Morgan fingerprint density at radius 3 is 2.53 bits per heavy atom. The lowest BCUT2D eigenvalue weighted by Crippen LogP contribution is -2.12. The molecular formula is C12H13F3OS. The second-order valence-corrected chi connectivity index (χ2v) is 4.63. The van der Waals surface area contributed by atoms with Gasteiger partial charge in [0.1, 0.15) is 0 Å². The summed E-state index contributed by atoms with van der Waals surface area (Å²) in [5, 5.41) is 0. The second kappa shape index (κ2) is 5.58. The molecule has 0 aliphatic rings. The number of halogens is 3. The number of carbonyl (C=O) groups excluding carboxylic acids is 1. The average molecular weight is 262 g/mol. The maximum Gasteiger partial charge on any atom is 0.416 e. The molecule has 0 amide bonds. The lowest BCUT2D eigenvalue weighted by atomic mass is 9.98. The van der Waals surface area contributed by atoms with E-state index in [1.54, 1.807) is 0 Å². The van der Waals surface area contributed by atoms with Gasteiger partial charge in [0.15, 0.2) is 5.78 Å². The number of carbonyl (C=O) groups is 1. The second-order valence-electron chi connectivity index (χ2n) is 3.64. The first-order chi connectivity index (χ1) is 7.88. The summed E-state index contributed by atoms with van der Waals surface area (Å²) in [5.74, 6) is 0.386. The Morgan fingerprint density at radius 2 is 2.00 bits per heavy atom. The zero-order valence-electron chi connectivity index (χ0n) is 9.60. The van der Waals surface area contributed by atoms with Crippen LogP contribution in [-0.4, -0.2) is 17.8 Å². The largest absolute Gasteiger partial charge is 0.416 e. The van der Waals surface area contributed by atoms with E-state index in [2.05, 4.69) is 0 Å². The first-order valence-electron chi connectivity index (χ1n) is 5.07. The molecule has 1 nitrogen and oxygen atoms in total. The molecular weight excluding hydrogens is 249 g/mol. The Bertz CT molecular complexity index is 413. The number of hydrogen-bond acceptors (Lipinski definition) is 2. The van der Waals surface area contributed by atoms with Gasteiger partial charge >= 0.3 is 6.18 Å². The molecule has 0 aliphatic carbocycles. The van der Waals surface area contributed by atoms with Crippen molar-refractivity contribution < 1.29 is 18.0 Å². The third-order valence-electron chi connectivity index (χ3n) is 2.47. The maximum absolute atomic E-state index is 12.6. The van der Waals surface area contributed by atoms with Crippen LogP contribution in [0.1, 0.15) is 27.9 Å². The molecule has 94 valence electrons. The molecule has 0 heterocycles. The number of thioether (sulfide) groups is 1. The van der Waals surface area contributed by atoms with Gasteiger partial charge in [-0.15, -0.1) is 0 Å². The van der Waals surface area contributed by atoms with Gasteiger partial charge < -0.3 is 0 Å². The SMILES string of the molecule is CSCCC(=O)c1cccc(C(F)(F)F)c1C. The summed E-state index contributed by atoms with van der Waals surface area (Å²) in [7, 11) is 0. The van der Waals surface area contributed by atoms with Crippen LogP contribution in [0.5, 0.6) is 0 Å². The van der Waals surface area contributed by atoms with Gasteiger partial charge in [-0.25, -0.2) is 0 Å². The minimum atomic E-state index is -4.40. The monoisotopic (exact) mass is 262 g/mol. The normalized spacial score (nSPS) is 11.6. The van der Waals surface area contributed by atoms with Crippen molar-refractivity contribution in [2.24, 2.45) is 0 Å². The van der Waals surface area contributed by atoms with Crippen LogP contribution in [0.2, 0.25) is 0 Å². The minimum Gasteiger partial charge on any atom is -0.294 e. The predicted octanol–water partition coefficient (Wildman–Crippen LogP) is 3.95. The van der Waals surface area contributed by atoms with Crippen molar-refractivity contribution in [2.45, 2.75) is 19.5 Å². The van der Waals surface area contributed by atoms with Gasteiger partial charge in [0, 0.05) is 17.7 Å². The summed E-state index contributed by atoms with van der Waals surface area (Å²) in [4.78, 5) is 11.7. The predicted molar refractivity (Wildman–Crippen MR) is 63.5 cm³/mol. The molecule has 17 heavy (non-hydrogen) atoms. The molecule has 0 aliphatic heterocycles. The fourth-order valence-corrected chi connectivity index (χ4v) is 1.96. The van der Waals surface area contributed by atoms with E-state index in [1.807, 2.05) is 6.26 Å². The van der Waals surface area contributed by atoms with Gasteiger partial charge in [-0.3, -0.25) is 4.79 Å². The Hall–Kier alpha value is -0.970. The third-order valence-corrected chi connectivity index (χ3v) is 3.09. The van der Waals surface area contributed by atoms with Crippen molar-refractivity contribution in [3.63, 3.8) is 0 Å². The summed E-state index contributed by atoms with van der Waals surface area (Å²) in [5.41, 5.74) is -0.535. The quantitative estimate of drug-likeness (QED) is 0.764. The van der Waals surface area contributed by atoms with Gasteiger partial charge in [-0.05, 0) is 24.8 Å². The van der Waals surface area contributed by atoms with Gasteiger partial charge in [-0.2, -0.15) is 24.9 Å². The molecule has 0 saturated carbocycles. The zero-order chi connectivity index (χ0) is 13.1. The molecule has 0 bridgehead atoms. The van der Waals surface area contributed by atoms with Gasteiger partial charge in [0.2, 0.25) is 0 Å². The zero-order valence-corrected chi connectivity index (χ0v) is 10.4. The van der Waals surface area contributed by atoms with Crippen LogP contribution in [-0.2, 0) is 6.18 Å². The van der Waals surface area contributed by atoms with E-state index in [4.69, 9.17) is 0 Å². The van der Waals surface area contributed by atoms with E-state index in [0.29, 0.717) is 5.75 Å². The van der Waals surface area contributed by atoms with Crippen molar-refractivity contribution in [3.05, 3.63) is 34.9 Å². The highest BCUT2D eigenvalue weighted by atomic mass is 32.2. The summed E-state index contributed by atoms with van der Waals surface area (Å²) in [6.45, 7) is 1.34. The van der Waals surface area contributed by atoms with Crippen molar-refractivity contribution >= 4 is 17.5 Å². The van der Waals surface area contributed by atoms with Crippen molar-refractivity contribution in [1.82, 2.24) is 0 Å². The molecule has 0 fully saturated rings. The summed E-state index contributed by atoms with van der Waals surface area (Å²) < 4.78 is 37.9. The molecule has 0 unspecified atom stereocenters. The van der Waals surface area contributed by atoms with Crippen LogP contribution in [0.3, 0.4) is 0 Å². The maximum atomic E-state index is 12.6. The molecule has 0 spiro atoms. The van der Waals surface area contributed by atoms with E-state index in [9.17, 15) is 18.0 Å². The van der Waals surface area contributed by atoms with Crippen LogP contribution in [0, 0.1) is 6.92 Å². The molecule has 0 aromatic heterocycles. The summed E-state index contributed by atoms with van der Waals surface area (Å²) in [6.07, 6.45) is -2.28. The standard InChI is InChI=1S/C12H13F3OS/c1-8-9(11(16)6-7-17-2)4-3-5-10(8)12(13,14)15/h3-5H,6-7H2,1-2H3. The lowest BCUT2D eigenvalue weighted by molar-refractivity contribution is -0.138. The molecule has 0 atom stereocenters. The first kappa shape index (κ1) is 14.1. The van der Waals surface area contributed by atoms with Gasteiger partial charge in [-0.1, -0.05) is 12.1 Å². The highest BCUT2D eigenvalue weighted by molar-refractivity contribution is 7.98. The van der Waals surface area contributed by atoms with Gasteiger partial charge in [0.05, 0.1) is 5.56 Å². The topological polar surface area (TPSA) is 17.1 Å². The van der Waals surface area contributed by atoms with Crippen LogP contribution < -0.4 is 0 Å². The van der Waals surface area contributed by atoms with Crippen molar-refractivity contribution in [2.75, 3.05) is 12.0 Å². The van der Waals surface area contributed by atoms with Gasteiger partial charge in [0.25, 0.3) is 0 Å². The molecule has 0 radical (unpaired) electrons. The Kier molecular flexibility index (Phi) is 4.62. The molecule has 1 rings (SSSR count). The van der Waals surface area contributed by atoms with E-state index < -0.39 is 11.7 Å². The van der Waals surface area contributed by atoms with Crippen molar-refractivity contribution in [1.29, 1.82) is 0 Å². The molecule has 0 N–H and O–H groups in total. The van der Waals surface area contributed by atoms with Crippen molar-refractivity contribution in [3.8, 4) is 0 Å². The number of hydrogen-bond donors (Lipinski definition) is 0. The van der Waals surface area contributed by atoms with E-state index in [0.717, 1.165) is 6.07 Å². The Morgan fingerprint density at radius 1 is 1.35 bits per heavy atom. The number of Topliss-reactive ketones (excluding diaryl/α,β-unsaturated/α-hetero) is 1. The summed E-state index contributed by atoms with van der Waals surface area (Å²) in [6, 6.07) is 3.73. The Balaban J connectivity index is 3.06. The number of rotatable bonds is 4. The molecule has 5 heteroatoms. The third kappa shape index (κ3) is 3.49. The van der Waals surface area contributed by atoms with E-state index >= 15 is 0 Å². The smallest absolute Gasteiger partial charge is 0.294 e. The summed E-state index contributed by atoms with van der Waals surface area (Å²) >= 11 is 1.50. The van der Waals surface area contributed by atoms with Crippen LogP contribution >= 0.6 is 11.8 Å². The molecule has 1 aromatic carbocycles. The molecule has 0 saturated heterocycles. The van der Waals surface area contributed by atoms with E-state index in [1.165, 1.54) is 30.8 Å².